The molecular weight excluding hydrogens is 182 g/mol. The molecule has 1 unspecified atom stereocenters. The smallest absolute Gasteiger partial charge is 0.177 e. The molecule has 0 saturated heterocycles. The van der Waals surface area contributed by atoms with E-state index in [-0.39, 0.29) is 5.78 Å². The van der Waals surface area contributed by atoms with Crippen LogP contribution in [0.5, 0.6) is 0 Å². The molecule has 0 saturated carbocycles. The number of hydrogen-bond acceptors (Lipinski definition) is 3. The largest absolute Gasteiger partial charge is 0.317 e. The molecule has 2 N–H and O–H groups in total. The Morgan fingerprint density at radius 1 is 1.62 bits per heavy atom. The number of allylic oxidation sites excluding steroid dienone is 1. The second-order valence-electron chi connectivity index (χ2n) is 3.12. The fraction of sp³-hybridized carbons (Fsp3) is 0.300. The summed E-state index contributed by atoms with van der Waals surface area (Å²) in [5, 5.41) is 1.92. The van der Waals surface area contributed by atoms with Gasteiger partial charge in [0.2, 0.25) is 0 Å². The zero-order valence-electron chi connectivity index (χ0n) is 7.78. The first-order valence-corrected chi connectivity index (χ1v) is 4.97. The van der Waals surface area contributed by atoms with Gasteiger partial charge in [-0.25, -0.2) is 0 Å². The minimum Gasteiger partial charge on any atom is -0.317 e. The Labute approximate surface area is 82.1 Å². The van der Waals surface area contributed by atoms with Crippen molar-refractivity contribution >= 4 is 17.1 Å². The van der Waals surface area contributed by atoms with Crippen LogP contribution in [0.2, 0.25) is 0 Å². The van der Waals surface area contributed by atoms with E-state index in [1.165, 1.54) is 11.3 Å². The first-order valence-electron chi connectivity index (χ1n) is 4.09. The lowest BCUT2D eigenvalue weighted by molar-refractivity contribution is -0.115. The van der Waals surface area contributed by atoms with Crippen LogP contribution >= 0.6 is 11.3 Å². The van der Waals surface area contributed by atoms with Crippen LogP contribution in [0, 0.1) is 0 Å². The van der Waals surface area contributed by atoms with Crippen LogP contribution in [-0.2, 0) is 4.79 Å². The molecule has 2 nitrogen and oxygen atoms in total. The van der Waals surface area contributed by atoms with Gasteiger partial charge in [0.1, 0.15) is 6.04 Å². The molecule has 3 heteroatoms. The highest BCUT2D eigenvalue weighted by Crippen LogP contribution is 2.18. The summed E-state index contributed by atoms with van der Waals surface area (Å²) in [6.45, 7) is 3.78. The first-order chi connectivity index (χ1) is 6.11. The molecule has 0 aliphatic rings. The van der Waals surface area contributed by atoms with E-state index in [0.717, 1.165) is 10.5 Å². The van der Waals surface area contributed by atoms with Gasteiger partial charge in [0.15, 0.2) is 5.78 Å². The zero-order valence-corrected chi connectivity index (χ0v) is 8.60. The summed E-state index contributed by atoms with van der Waals surface area (Å²) in [7, 11) is 0. The Morgan fingerprint density at radius 3 is 2.77 bits per heavy atom. The summed E-state index contributed by atoms with van der Waals surface area (Å²) in [4.78, 5) is 12.4. The van der Waals surface area contributed by atoms with E-state index < -0.39 is 6.04 Å². The lowest BCUT2D eigenvalue weighted by atomic mass is 10.1. The van der Waals surface area contributed by atoms with Crippen molar-refractivity contribution in [3.63, 3.8) is 0 Å². The zero-order chi connectivity index (χ0) is 9.84. The predicted octanol–water partition coefficient (Wildman–Crippen LogP) is 2.28. The van der Waals surface area contributed by atoms with E-state index >= 15 is 0 Å². The average Bonchev–Trinajstić information content (AvgIpc) is 2.53. The molecule has 70 valence electrons. The van der Waals surface area contributed by atoms with Gasteiger partial charge in [-0.1, -0.05) is 11.6 Å². The van der Waals surface area contributed by atoms with E-state index in [4.69, 9.17) is 5.73 Å². The highest BCUT2D eigenvalue weighted by Gasteiger charge is 2.13. The van der Waals surface area contributed by atoms with Crippen molar-refractivity contribution in [2.45, 2.75) is 19.9 Å². The fourth-order valence-electron chi connectivity index (χ4n) is 0.983. The Bertz CT molecular complexity index is 310. The molecular formula is C10H13NOS. The van der Waals surface area contributed by atoms with Gasteiger partial charge >= 0.3 is 0 Å². The van der Waals surface area contributed by atoms with Crippen molar-refractivity contribution in [3.05, 3.63) is 34.0 Å². The van der Waals surface area contributed by atoms with Gasteiger partial charge in [-0.3, -0.25) is 4.79 Å². The molecule has 1 atom stereocenters. The molecule has 0 spiro atoms. The molecule has 13 heavy (non-hydrogen) atoms. The molecule has 0 aliphatic heterocycles. The van der Waals surface area contributed by atoms with Crippen molar-refractivity contribution in [3.8, 4) is 0 Å². The lowest BCUT2D eigenvalue weighted by Crippen LogP contribution is -2.18. The minimum absolute atomic E-state index is 0.0255. The SMILES string of the molecule is CC(C)=CC(=O)C(N)c1cccs1. The van der Waals surface area contributed by atoms with Crippen molar-refractivity contribution in [2.24, 2.45) is 5.73 Å². The molecule has 1 heterocycles. The average molecular weight is 195 g/mol. The van der Waals surface area contributed by atoms with Crippen LogP contribution in [0.1, 0.15) is 24.8 Å². The summed E-state index contributed by atoms with van der Waals surface area (Å²) in [5.41, 5.74) is 6.73. The molecule has 0 aromatic carbocycles. The molecule has 1 aromatic rings. The van der Waals surface area contributed by atoms with Gasteiger partial charge in [-0.2, -0.15) is 0 Å². The van der Waals surface area contributed by atoms with Gasteiger partial charge in [-0.15, -0.1) is 11.3 Å². The molecule has 0 radical (unpaired) electrons. The third kappa shape index (κ3) is 2.79. The van der Waals surface area contributed by atoms with Crippen molar-refractivity contribution < 1.29 is 4.79 Å². The number of hydrogen-bond donors (Lipinski definition) is 1. The number of carbonyl (C=O) groups excluding carboxylic acids is 1. The number of rotatable bonds is 3. The molecule has 1 aromatic heterocycles. The summed E-state index contributed by atoms with van der Waals surface area (Å²) in [5.74, 6) is -0.0255. The molecule has 0 aliphatic carbocycles. The topological polar surface area (TPSA) is 43.1 Å². The van der Waals surface area contributed by atoms with Crippen molar-refractivity contribution in [2.75, 3.05) is 0 Å². The number of ketones is 1. The lowest BCUT2D eigenvalue weighted by Gasteiger charge is -2.04. The summed E-state index contributed by atoms with van der Waals surface area (Å²) >= 11 is 1.51. The Hall–Kier alpha value is -0.930. The maximum absolute atomic E-state index is 11.5. The Kier molecular flexibility index (Phi) is 3.39. The quantitative estimate of drug-likeness (QED) is 0.752. The third-order valence-electron chi connectivity index (χ3n) is 1.59. The van der Waals surface area contributed by atoms with Crippen molar-refractivity contribution in [1.82, 2.24) is 0 Å². The van der Waals surface area contributed by atoms with E-state index in [1.807, 2.05) is 31.4 Å². The van der Waals surface area contributed by atoms with Crippen LogP contribution in [0.15, 0.2) is 29.2 Å². The maximum Gasteiger partial charge on any atom is 0.177 e. The van der Waals surface area contributed by atoms with Crippen molar-refractivity contribution in [1.29, 1.82) is 0 Å². The Morgan fingerprint density at radius 2 is 2.31 bits per heavy atom. The molecule has 1 rings (SSSR count). The van der Waals surface area contributed by atoms with E-state index in [2.05, 4.69) is 0 Å². The van der Waals surface area contributed by atoms with Crippen LogP contribution in [0.25, 0.3) is 0 Å². The first kappa shape index (κ1) is 10.2. The third-order valence-corrected chi connectivity index (χ3v) is 2.54. The van der Waals surface area contributed by atoms with Crippen LogP contribution in [0.4, 0.5) is 0 Å². The summed E-state index contributed by atoms with van der Waals surface area (Å²) in [6, 6.07) is 3.29. The number of thiophene rings is 1. The summed E-state index contributed by atoms with van der Waals surface area (Å²) in [6.07, 6.45) is 1.59. The maximum atomic E-state index is 11.5. The highest BCUT2D eigenvalue weighted by molar-refractivity contribution is 7.10. The van der Waals surface area contributed by atoms with Gasteiger partial charge in [0.05, 0.1) is 0 Å². The van der Waals surface area contributed by atoms with E-state index in [1.54, 1.807) is 6.08 Å². The molecule has 0 amide bonds. The number of carbonyl (C=O) groups is 1. The Balaban J connectivity index is 2.74. The van der Waals surface area contributed by atoms with Crippen LogP contribution in [0.3, 0.4) is 0 Å². The van der Waals surface area contributed by atoms with Gasteiger partial charge in [-0.05, 0) is 31.4 Å². The normalized spacial score (nSPS) is 12.2. The second-order valence-corrected chi connectivity index (χ2v) is 4.10. The van der Waals surface area contributed by atoms with Crippen LogP contribution < -0.4 is 5.73 Å². The standard InChI is InChI=1S/C10H13NOS/c1-7(2)6-8(12)10(11)9-4-3-5-13-9/h3-6,10H,11H2,1-2H3. The minimum atomic E-state index is -0.491. The second kappa shape index (κ2) is 4.35. The van der Waals surface area contributed by atoms with Gasteiger partial charge in [0.25, 0.3) is 0 Å². The monoisotopic (exact) mass is 195 g/mol. The molecule has 0 bridgehead atoms. The number of nitrogens with two attached hydrogens (primary N) is 1. The van der Waals surface area contributed by atoms with Gasteiger partial charge < -0.3 is 5.73 Å². The fourth-order valence-corrected chi connectivity index (χ4v) is 1.72. The van der Waals surface area contributed by atoms with Crippen LogP contribution in [-0.4, -0.2) is 5.78 Å². The van der Waals surface area contributed by atoms with Gasteiger partial charge in [0, 0.05) is 4.88 Å². The summed E-state index contributed by atoms with van der Waals surface area (Å²) < 4.78 is 0. The van der Waals surface area contributed by atoms with E-state index in [0.29, 0.717) is 0 Å². The predicted molar refractivity (Wildman–Crippen MR) is 55.7 cm³/mol. The highest BCUT2D eigenvalue weighted by atomic mass is 32.1. The van der Waals surface area contributed by atoms with E-state index in [9.17, 15) is 4.79 Å². The molecule has 0 fully saturated rings.